The minimum absolute atomic E-state index is 0.244. The molecule has 0 fully saturated rings. The van der Waals surface area contributed by atoms with Gasteiger partial charge in [0.05, 0.1) is 4.90 Å². The second kappa shape index (κ2) is 5.83. The Morgan fingerprint density at radius 3 is 1.83 bits per heavy atom. The summed E-state index contributed by atoms with van der Waals surface area (Å²) in [6, 6.07) is 3.87. The summed E-state index contributed by atoms with van der Waals surface area (Å²) in [5, 5.41) is 0. The highest BCUT2D eigenvalue weighted by molar-refractivity contribution is 8.13. The Labute approximate surface area is 103 Å². The van der Waals surface area contributed by atoms with Crippen LogP contribution in [0.1, 0.15) is 5.56 Å². The lowest BCUT2D eigenvalue weighted by atomic mass is 10.2. The van der Waals surface area contributed by atoms with E-state index in [2.05, 4.69) is 14.8 Å². The molecule has 1 aromatic carbocycles. The van der Waals surface area contributed by atoms with Crippen LogP contribution in [-0.4, -0.2) is 8.42 Å². The van der Waals surface area contributed by atoms with Gasteiger partial charge in [0.25, 0.3) is 14.8 Å². The van der Waals surface area contributed by atoms with E-state index in [9.17, 15) is 22.0 Å². The molecule has 0 aliphatic rings. The molecular weight excluding hydrogens is 301 g/mol. The van der Waals surface area contributed by atoms with Crippen molar-refractivity contribution >= 4 is 25.5 Å². The second-order valence-electron chi connectivity index (χ2n) is 2.81. The van der Waals surface area contributed by atoms with E-state index in [0.29, 0.717) is 0 Å². The van der Waals surface area contributed by atoms with Gasteiger partial charge in [0.15, 0.2) is 0 Å². The van der Waals surface area contributed by atoms with Gasteiger partial charge >= 0.3 is 5.95 Å². The molecule has 0 aliphatic carbocycles. The summed E-state index contributed by atoms with van der Waals surface area (Å²) in [4.78, 5) is 8.63. The molecule has 0 aliphatic heterocycles. The van der Waals surface area contributed by atoms with Gasteiger partial charge in [-0.05, 0) is 24.3 Å². The van der Waals surface area contributed by atoms with Crippen LogP contribution in [0.25, 0.3) is 5.76 Å². The molecule has 0 heterocycles. The normalized spacial score (nSPS) is 10.7. The Kier molecular flexibility index (Phi) is 4.68. The largest absolute Gasteiger partial charge is 0.412 e. The fraction of sp³-hybridized carbons (Fsp3) is 0. The first-order valence-corrected chi connectivity index (χ1v) is 6.40. The molecule has 0 radical (unpaired) electrons. The van der Waals surface area contributed by atoms with Crippen molar-refractivity contribution in [2.75, 3.05) is 0 Å². The van der Waals surface area contributed by atoms with E-state index in [4.69, 9.17) is 10.7 Å². The smallest absolute Gasteiger partial charge is 0.286 e. The van der Waals surface area contributed by atoms with Crippen LogP contribution in [0, 0.1) is 0 Å². The predicted octanol–water partition coefficient (Wildman–Crippen LogP) is 2.94. The van der Waals surface area contributed by atoms with Crippen LogP contribution in [-0.2, 0) is 23.9 Å². The summed E-state index contributed by atoms with van der Waals surface area (Å²) in [7, 11) is 1.05. The van der Waals surface area contributed by atoms with E-state index in [1.165, 1.54) is 0 Å². The van der Waals surface area contributed by atoms with Gasteiger partial charge in [-0.25, -0.2) is 18.3 Å². The van der Waals surface area contributed by atoms with E-state index in [1.807, 2.05) is 0 Å². The van der Waals surface area contributed by atoms with E-state index in [0.717, 1.165) is 24.3 Å². The molecule has 0 N–H and O–H groups in total. The van der Waals surface area contributed by atoms with Crippen LogP contribution in [0.15, 0.2) is 35.1 Å². The quantitative estimate of drug-likeness (QED) is 0.618. The SMILES string of the molecule is O=S(=O)(Cl)c1ccc(C(OF)=C(OF)OF)cc1. The van der Waals surface area contributed by atoms with Crippen LogP contribution in [0.5, 0.6) is 0 Å². The standard InChI is InChI=1S/C8H4ClF3O5S/c9-18(13,14)6-3-1-5(2-4-6)7(15-10)8(16-11)17-12/h1-4H. The number of rotatable bonds is 5. The summed E-state index contributed by atoms with van der Waals surface area (Å²) < 4.78 is 57.4. The molecule has 0 amide bonds. The molecular formula is C8H4ClF3O5S. The summed E-state index contributed by atoms with van der Waals surface area (Å²) in [5.41, 5.74) is -0.244. The Morgan fingerprint density at radius 1 is 1.00 bits per heavy atom. The third-order valence-electron chi connectivity index (χ3n) is 1.80. The topological polar surface area (TPSA) is 61.8 Å². The highest BCUT2D eigenvalue weighted by atomic mass is 35.7. The Hall–Kier alpha value is -1.61. The lowest BCUT2D eigenvalue weighted by molar-refractivity contribution is -0.228. The van der Waals surface area contributed by atoms with Crippen LogP contribution in [0.4, 0.5) is 13.6 Å². The Bertz CT molecular complexity index is 536. The molecule has 0 unspecified atom stereocenters. The summed E-state index contributed by atoms with van der Waals surface area (Å²) >= 11 is 0. The van der Waals surface area contributed by atoms with Gasteiger partial charge in [0.2, 0.25) is 0 Å². The first-order valence-electron chi connectivity index (χ1n) is 4.09. The minimum Gasteiger partial charge on any atom is -0.286 e. The van der Waals surface area contributed by atoms with Gasteiger partial charge in [-0.1, -0.05) is 0 Å². The molecule has 0 bridgehead atoms. The molecule has 18 heavy (non-hydrogen) atoms. The van der Waals surface area contributed by atoms with Gasteiger partial charge in [0.1, 0.15) is 0 Å². The van der Waals surface area contributed by atoms with Crippen molar-refractivity contribution in [3.05, 3.63) is 35.8 Å². The fourth-order valence-corrected chi connectivity index (χ4v) is 1.81. The molecule has 0 saturated carbocycles. The van der Waals surface area contributed by atoms with E-state index >= 15 is 0 Å². The second-order valence-corrected chi connectivity index (χ2v) is 5.38. The first-order chi connectivity index (χ1) is 8.43. The molecule has 100 valence electrons. The zero-order valence-electron chi connectivity index (χ0n) is 8.27. The zero-order valence-corrected chi connectivity index (χ0v) is 9.84. The average Bonchev–Trinajstić information content (AvgIpc) is 2.35. The van der Waals surface area contributed by atoms with Crippen molar-refractivity contribution in [3.63, 3.8) is 0 Å². The molecule has 0 saturated heterocycles. The number of hydrogen-bond acceptors (Lipinski definition) is 5. The summed E-state index contributed by atoms with van der Waals surface area (Å²) in [6.45, 7) is 0. The average molecular weight is 305 g/mol. The van der Waals surface area contributed by atoms with Crippen LogP contribution < -0.4 is 0 Å². The van der Waals surface area contributed by atoms with Crippen molar-refractivity contribution in [2.24, 2.45) is 0 Å². The summed E-state index contributed by atoms with van der Waals surface area (Å²) in [6.07, 6.45) is 0. The monoisotopic (exact) mass is 304 g/mol. The van der Waals surface area contributed by atoms with Gasteiger partial charge in [-0.3, -0.25) is 4.94 Å². The lowest BCUT2D eigenvalue weighted by Crippen LogP contribution is -1.96. The highest BCUT2D eigenvalue weighted by Gasteiger charge is 2.19. The Morgan fingerprint density at radius 2 is 1.50 bits per heavy atom. The fourth-order valence-electron chi connectivity index (χ4n) is 1.04. The molecule has 0 aromatic heterocycles. The lowest BCUT2D eigenvalue weighted by Gasteiger charge is -2.03. The molecule has 5 nitrogen and oxygen atoms in total. The number of hydrogen-bond donors (Lipinski definition) is 0. The van der Waals surface area contributed by atoms with Crippen molar-refractivity contribution in [1.82, 2.24) is 0 Å². The maximum atomic E-state index is 12.1. The zero-order chi connectivity index (χ0) is 13.8. The highest BCUT2D eigenvalue weighted by Crippen LogP contribution is 2.25. The maximum absolute atomic E-state index is 12.1. The van der Waals surface area contributed by atoms with Crippen molar-refractivity contribution < 1.29 is 36.8 Å². The first kappa shape index (κ1) is 14.5. The van der Waals surface area contributed by atoms with E-state index < -0.39 is 20.8 Å². The van der Waals surface area contributed by atoms with Crippen molar-refractivity contribution in [3.8, 4) is 0 Å². The van der Waals surface area contributed by atoms with Gasteiger partial charge in [0, 0.05) is 29.8 Å². The van der Waals surface area contributed by atoms with Crippen LogP contribution >= 0.6 is 10.7 Å². The molecule has 1 aromatic rings. The summed E-state index contributed by atoms with van der Waals surface area (Å²) in [5.74, 6) is -2.57. The third-order valence-corrected chi connectivity index (χ3v) is 3.17. The van der Waals surface area contributed by atoms with Crippen LogP contribution in [0.2, 0.25) is 0 Å². The van der Waals surface area contributed by atoms with E-state index in [-0.39, 0.29) is 10.5 Å². The molecule has 0 spiro atoms. The van der Waals surface area contributed by atoms with Gasteiger partial charge in [-0.15, -0.1) is 0 Å². The van der Waals surface area contributed by atoms with Crippen LogP contribution in [0.3, 0.4) is 0 Å². The van der Waals surface area contributed by atoms with Crippen molar-refractivity contribution in [1.29, 1.82) is 0 Å². The Balaban J connectivity index is 3.22. The molecule has 1 rings (SSSR count). The van der Waals surface area contributed by atoms with Crippen molar-refractivity contribution in [2.45, 2.75) is 4.90 Å². The number of benzene rings is 1. The third kappa shape index (κ3) is 3.20. The number of halogens is 4. The molecule has 10 heteroatoms. The van der Waals surface area contributed by atoms with Gasteiger partial charge in [-0.2, -0.15) is 0 Å². The molecule has 0 atom stereocenters. The maximum Gasteiger partial charge on any atom is 0.412 e. The van der Waals surface area contributed by atoms with E-state index in [1.54, 1.807) is 0 Å². The van der Waals surface area contributed by atoms with Gasteiger partial charge < -0.3 is 0 Å². The predicted molar refractivity (Wildman–Crippen MR) is 53.0 cm³/mol. The minimum atomic E-state index is -3.97.